The van der Waals surface area contributed by atoms with E-state index < -0.39 is 0 Å². The van der Waals surface area contributed by atoms with E-state index in [1.165, 1.54) is 31.0 Å². The molecule has 0 fully saturated rings. The van der Waals surface area contributed by atoms with Gasteiger partial charge in [0.15, 0.2) is 5.16 Å². The van der Waals surface area contributed by atoms with Crippen LogP contribution in [0.5, 0.6) is 0 Å². The highest BCUT2D eigenvalue weighted by Gasteiger charge is 2.16. The summed E-state index contributed by atoms with van der Waals surface area (Å²) in [6.07, 6.45) is 4.63. The van der Waals surface area contributed by atoms with E-state index in [1.807, 2.05) is 13.0 Å². The molecule has 0 aliphatic carbocycles. The number of aromatic nitrogens is 5. The summed E-state index contributed by atoms with van der Waals surface area (Å²) in [6, 6.07) is 1.82. The smallest absolute Gasteiger partial charge is 0.197 e. The minimum absolute atomic E-state index is 0.607. The molecule has 7 nitrogen and oxygen atoms in total. The van der Waals surface area contributed by atoms with E-state index in [0.717, 1.165) is 29.0 Å². The lowest BCUT2D eigenvalue weighted by molar-refractivity contribution is 0.590. The predicted octanol–water partition coefficient (Wildman–Crippen LogP) is 1.54. The molecule has 0 amide bonds. The van der Waals surface area contributed by atoms with Crippen LogP contribution in [0.2, 0.25) is 0 Å². The zero-order chi connectivity index (χ0) is 13.9. The second kappa shape index (κ2) is 5.76. The maximum Gasteiger partial charge on any atom is 0.197 e. The molecule has 0 saturated carbocycles. The van der Waals surface area contributed by atoms with Gasteiger partial charge in [-0.3, -0.25) is 0 Å². The fourth-order valence-electron chi connectivity index (χ4n) is 2.29. The van der Waals surface area contributed by atoms with Crippen LogP contribution in [0.3, 0.4) is 0 Å². The first-order valence-corrected chi connectivity index (χ1v) is 7.50. The minimum Gasteiger partial charge on any atom is -0.308 e. The standard InChI is InChI=1S/C12H17N7S/c1-8-14-9(16-13)7-11(15-8)20-12-18-17-10-5-3-2-4-6-19(10)12/h7H,2-6,13H2,1H3,(H,14,15,16). The Balaban J connectivity index is 1.88. The lowest BCUT2D eigenvalue weighted by Crippen LogP contribution is -2.10. The van der Waals surface area contributed by atoms with Crippen LogP contribution in [-0.2, 0) is 13.0 Å². The molecule has 2 aromatic heterocycles. The predicted molar refractivity (Wildman–Crippen MR) is 76.3 cm³/mol. The average Bonchev–Trinajstić information content (AvgIpc) is 2.67. The summed E-state index contributed by atoms with van der Waals surface area (Å²) >= 11 is 1.50. The van der Waals surface area contributed by atoms with Gasteiger partial charge in [0.2, 0.25) is 0 Å². The van der Waals surface area contributed by atoms with Crippen molar-refractivity contribution in [3.63, 3.8) is 0 Å². The van der Waals surface area contributed by atoms with E-state index in [-0.39, 0.29) is 0 Å². The summed E-state index contributed by atoms with van der Waals surface area (Å²) in [5, 5.41) is 10.3. The van der Waals surface area contributed by atoms with Crippen LogP contribution < -0.4 is 11.3 Å². The molecule has 3 heterocycles. The van der Waals surface area contributed by atoms with Crippen LogP contribution in [-0.4, -0.2) is 24.7 Å². The SMILES string of the molecule is Cc1nc(NN)cc(Sc2nnc3n2CCCCC3)n1. The fourth-order valence-corrected chi connectivity index (χ4v) is 3.22. The molecule has 3 N–H and O–H groups in total. The van der Waals surface area contributed by atoms with Crippen molar-refractivity contribution < 1.29 is 0 Å². The number of nitrogens with zero attached hydrogens (tertiary/aromatic N) is 5. The number of hydrazine groups is 1. The minimum atomic E-state index is 0.607. The Kier molecular flexibility index (Phi) is 3.83. The van der Waals surface area contributed by atoms with Crippen LogP contribution in [0.15, 0.2) is 16.2 Å². The Morgan fingerprint density at radius 1 is 1.25 bits per heavy atom. The van der Waals surface area contributed by atoms with Gasteiger partial charge < -0.3 is 9.99 Å². The summed E-state index contributed by atoms with van der Waals surface area (Å²) in [7, 11) is 0. The zero-order valence-corrected chi connectivity index (χ0v) is 12.2. The van der Waals surface area contributed by atoms with Gasteiger partial charge in [0.1, 0.15) is 22.5 Å². The molecular weight excluding hydrogens is 274 g/mol. The van der Waals surface area contributed by atoms with Crippen LogP contribution in [0.25, 0.3) is 0 Å². The van der Waals surface area contributed by atoms with Crippen LogP contribution in [0.1, 0.15) is 30.9 Å². The molecule has 0 radical (unpaired) electrons. The topological polar surface area (TPSA) is 94.5 Å². The van der Waals surface area contributed by atoms with E-state index >= 15 is 0 Å². The summed E-state index contributed by atoms with van der Waals surface area (Å²) in [5.41, 5.74) is 2.55. The molecule has 8 heteroatoms. The molecule has 0 unspecified atom stereocenters. The van der Waals surface area contributed by atoms with Crippen LogP contribution in [0, 0.1) is 6.92 Å². The first-order valence-electron chi connectivity index (χ1n) is 6.68. The fraction of sp³-hybridized carbons (Fsp3) is 0.500. The van der Waals surface area contributed by atoms with Gasteiger partial charge >= 0.3 is 0 Å². The van der Waals surface area contributed by atoms with Gasteiger partial charge in [0, 0.05) is 19.0 Å². The van der Waals surface area contributed by atoms with E-state index in [4.69, 9.17) is 5.84 Å². The monoisotopic (exact) mass is 291 g/mol. The van der Waals surface area contributed by atoms with Gasteiger partial charge in [-0.1, -0.05) is 6.42 Å². The highest BCUT2D eigenvalue weighted by Crippen LogP contribution is 2.28. The number of hydrogen-bond acceptors (Lipinski definition) is 7. The van der Waals surface area contributed by atoms with Crippen LogP contribution in [0.4, 0.5) is 5.82 Å². The number of nitrogens with one attached hydrogen (secondary N) is 1. The Labute approximate surface area is 121 Å². The molecule has 0 spiro atoms. The highest BCUT2D eigenvalue weighted by atomic mass is 32.2. The molecule has 20 heavy (non-hydrogen) atoms. The van der Waals surface area contributed by atoms with E-state index in [0.29, 0.717) is 11.6 Å². The van der Waals surface area contributed by atoms with Crippen molar-refractivity contribution in [1.82, 2.24) is 24.7 Å². The van der Waals surface area contributed by atoms with Gasteiger partial charge in [-0.25, -0.2) is 15.8 Å². The maximum absolute atomic E-state index is 5.41. The Morgan fingerprint density at radius 3 is 3.00 bits per heavy atom. The summed E-state index contributed by atoms with van der Waals surface area (Å²) < 4.78 is 2.20. The largest absolute Gasteiger partial charge is 0.308 e. The first kappa shape index (κ1) is 13.3. The third kappa shape index (κ3) is 2.75. The van der Waals surface area contributed by atoms with Crippen molar-refractivity contribution in [3.05, 3.63) is 17.7 Å². The van der Waals surface area contributed by atoms with E-state index in [1.54, 1.807) is 0 Å². The molecule has 0 atom stereocenters. The number of fused-ring (bicyclic) bond motifs is 1. The third-order valence-electron chi connectivity index (χ3n) is 3.23. The van der Waals surface area contributed by atoms with Gasteiger partial charge in [0.05, 0.1) is 0 Å². The van der Waals surface area contributed by atoms with Crippen molar-refractivity contribution in [3.8, 4) is 0 Å². The molecule has 1 aliphatic heterocycles. The molecule has 0 saturated heterocycles. The summed E-state index contributed by atoms with van der Waals surface area (Å²) in [6.45, 7) is 2.83. The Morgan fingerprint density at radius 2 is 2.15 bits per heavy atom. The van der Waals surface area contributed by atoms with Gasteiger partial charge in [-0.05, 0) is 31.5 Å². The molecule has 106 valence electrons. The Hall–Kier alpha value is -1.67. The second-order valence-corrected chi connectivity index (χ2v) is 5.73. The van der Waals surface area contributed by atoms with E-state index in [2.05, 4.69) is 30.2 Å². The average molecular weight is 291 g/mol. The van der Waals surface area contributed by atoms with Crippen molar-refractivity contribution in [1.29, 1.82) is 0 Å². The van der Waals surface area contributed by atoms with Crippen molar-refractivity contribution in [2.75, 3.05) is 5.43 Å². The molecule has 0 aromatic carbocycles. The van der Waals surface area contributed by atoms with E-state index in [9.17, 15) is 0 Å². The second-order valence-electron chi connectivity index (χ2n) is 4.75. The number of nitrogens with two attached hydrogens (primary N) is 1. The number of aryl methyl sites for hydroxylation is 2. The lowest BCUT2D eigenvalue weighted by Gasteiger charge is -2.07. The number of hydrogen-bond donors (Lipinski definition) is 2. The molecular formula is C12H17N7S. The van der Waals surface area contributed by atoms with Crippen LogP contribution >= 0.6 is 11.8 Å². The Bertz CT molecular complexity index is 610. The quantitative estimate of drug-likeness (QED) is 0.503. The van der Waals surface area contributed by atoms with Crippen molar-refractivity contribution in [2.24, 2.45) is 5.84 Å². The number of anilines is 1. The molecule has 2 aromatic rings. The van der Waals surface area contributed by atoms with Crippen molar-refractivity contribution in [2.45, 2.75) is 49.3 Å². The summed E-state index contributed by atoms with van der Waals surface area (Å²) in [5.74, 6) is 7.77. The normalized spacial score (nSPS) is 14.7. The lowest BCUT2D eigenvalue weighted by atomic mass is 10.2. The molecule has 1 aliphatic rings. The first-order chi connectivity index (χ1) is 9.76. The number of nitrogen functional groups attached to an aromatic ring is 1. The zero-order valence-electron chi connectivity index (χ0n) is 11.3. The molecule has 0 bridgehead atoms. The van der Waals surface area contributed by atoms with Gasteiger partial charge in [-0.2, -0.15) is 0 Å². The van der Waals surface area contributed by atoms with Crippen molar-refractivity contribution >= 4 is 17.6 Å². The third-order valence-corrected chi connectivity index (χ3v) is 4.14. The summed E-state index contributed by atoms with van der Waals surface area (Å²) in [4.78, 5) is 8.58. The maximum atomic E-state index is 5.41. The van der Waals surface area contributed by atoms with Gasteiger partial charge in [-0.15, -0.1) is 10.2 Å². The highest BCUT2D eigenvalue weighted by molar-refractivity contribution is 7.99. The number of rotatable bonds is 3. The van der Waals surface area contributed by atoms with Gasteiger partial charge in [0.25, 0.3) is 0 Å². The molecule has 3 rings (SSSR count).